The summed E-state index contributed by atoms with van der Waals surface area (Å²) in [6.07, 6.45) is 0. The normalized spacial score (nSPS) is 11.3. The summed E-state index contributed by atoms with van der Waals surface area (Å²) in [7, 11) is 0. The Labute approximate surface area is 76.3 Å². The summed E-state index contributed by atoms with van der Waals surface area (Å²) in [5.74, 6) is -0.809. The predicted octanol–water partition coefficient (Wildman–Crippen LogP) is -0.363. The van der Waals surface area contributed by atoms with Gasteiger partial charge < -0.3 is 0 Å². The Bertz CT molecular complexity index is 364. The van der Waals surface area contributed by atoms with Crippen LogP contribution in [-0.4, -0.2) is 22.7 Å². The molecule has 72 valence electrons. The van der Waals surface area contributed by atoms with Gasteiger partial charge in [0.25, 0.3) is 0 Å². The van der Waals surface area contributed by atoms with Crippen molar-refractivity contribution in [2.24, 2.45) is 0 Å². The van der Waals surface area contributed by atoms with Gasteiger partial charge in [-0.1, -0.05) is 0 Å². The van der Waals surface area contributed by atoms with Crippen LogP contribution in [-0.2, 0) is 3.74 Å². The molecule has 0 saturated carbocycles. The molecule has 4 N–H and O–H groups in total. The maximum absolute atomic E-state index is 12.5. The number of benzene rings is 1. The van der Waals surface area contributed by atoms with Crippen LogP contribution in [0.15, 0.2) is 18.2 Å². The Hall–Kier alpha value is -0.972. The van der Waals surface area contributed by atoms with Crippen molar-refractivity contribution < 1.29 is 20.0 Å². The Morgan fingerprint density at radius 2 is 2.08 bits per heavy atom. The van der Waals surface area contributed by atoms with Crippen molar-refractivity contribution in [1.29, 1.82) is 0 Å². The van der Waals surface area contributed by atoms with E-state index in [0.29, 0.717) is 0 Å². The minimum absolute atomic E-state index is 0.148. The second-order valence-electron chi connectivity index (χ2n) is 2.26. The second kappa shape index (κ2) is 3.41. The molecular weight excluding hydrogens is 244 g/mol. The molecule has 1 aromatic carbocycles. The monoisotopic (exact) mass is 251 g/mol. The van der Waals surface area contributed by atoms with Gasteiger partial charge in [0.2, 0.25) is 0 Å². The van der Waals surface area contributed by atoms with Crippen LogP contribution in [0.3, 0.4) is 0 Å². The fraction of sp³-hybridized carbons (Fsp3) is 0. The maximum atomic E-state index is 12.5. The first-order chi connectivity index (χ1) is 5.88. The fourth-order valence-electron chi connectivity index (χ4n) is 0.731. The van der Waals surface area contributed by atoms with E-state index in [-0.39, 0.29) is 11.4 Å². The third-order valence-corrected chi connectivity index (χ3v) is 2.10. The van der Waals surface area contributed by atoms with Crippen molar-refractivity contribution in [3.05, 3.63) is 24.0 Å². The van der Waals surface area contributed by atoms with E-state index in [0.717, 1.165) is 18.2 Å². The second-order valence-corrected chi connectivity index (χ2v) is 4.71. The molecule has 0 aliphatic rings. The van der Waals surface area contributed by atoms with E-state index in [4.69, 9.17) is 13.9 Å². The van der Waals surface area contributed by atoms with E-state index >= 15 is 0 Å². The number of rotatable bonds is 2. The Kier molecular flexibility index (Phi) is 2.65. The average molecular weight is 251 g/mol. The molecule has 0 aromatic heterocycles. The van der Waals surface area contributed by atoms with Crippen LogP contribution in [0.2, 0.25) is 0 Å². The molecule has 0 spiro atoms. The van der Waals surface area contributed by atoms with Crippen molar-refractivity contribution in [2.45, 2.75) is 0 Å². The number of hydrogen-bond acceptors (Lipinski definition) is 3. The van der Waals surface area contributed by atoms with E-state index < -0.39 is 20.3 Å². The van der Waals surface area contributed by atoms with E-state index in [1.54, 1.807) is 0 Å². The fourth-order valence-corrected chi connectivity index (χ4v) is 1.62. The first-order valence-corrected chi connectivity index (χ1v) is 6.40. The summed E-state index contributed by atoms with van der Waals surface area (Å²) in [5.41, 5.74) is 5.08. The molecule has 13 heavy (non-hydrogen) atoms. The summed E-state index contributed by atoms with van der Waals surface area (Å²) >= 11 is -5.22. The summed E-state index contributed by atoms with van der Waals surface area (Å²) < 4.78 is 44.0. The third-order valence-electron chi connectivity index (χ3n) is 1.19. The van der Waals surface area contributed by atoms with Crippen LogP contribution in [0.5, 0.6) is 5.75 Å². The molecule has 0 unspecified atom stereocenters. The molecule has 0 heterocycles. The molecule has 0 amide bonds. The third kappa shape index (κ3) is 3.10. The van der Waals surface area contributed by atoms with Gasteiger partial charge in [-0.15, -0.1) is 0 Å². The van der Waals surface area contributed by atoms with E-state index in [9.17, 15) is 8.13 Å². The number of hydrogen-bond donors (Lipinski definition) is 3. The topological polar surface area (TPSA) is 92.8 Å². The Morgan fingerprint density at radius 3 is 2.54 bits per heavy atom. The van der Waals surface area contributed by atoms with Crippen molar-refractivity contribution in [2.75, 3.05) is 5.73 Å². The van der Waals surface area contributed by atoms with Crippen LogP contribution >= 0.6 is 0 Å². The number of anilines is 1. The van der Waals surface area contributed by atoms with Gasteiger partial charge in [0.15, 0.2) is 0 Å². The summed E-state index contributed by atoms with van der Waals surface area (Å²) in [5, 5.41) is 0. The predicted molar refractivity (Wildman–Crippen MR) is 42.3 cm³/mol. The van der Waals surface area contributed by atoms with Gasteiger partial charge in [0.1, 0.15) is 0 Å². The molecule has 0 aliphatic carbocycles. The summed E-state index contributed by atoms with van der Waals surface area (Å²) in [6, 6.07) is 2.98. The van der Waals surface area contributed by atoms with E-state index in [1.807, 2.05) is 0 Å². The molecule has 7 heteroatoms. The van der Waals surface area contributed by atoms with Gasteiger partial charge in [-0.25, -0.2) is 0 Å². The molecule has 1 aromatic rings. The van der Waals surface area contributed by atoms with Crippen molar-refractivity contribution in [3.63, 3.8) is 0 Å². The van der Waals surface area contributed by atoms with Gasteiger partial charge in [0, 0.05) is 0 Å². The van der Waals surface area contributed by atoms with Gasteiger partial charge in [-0.05, 0) is 0 Å². The zero-order valence-corrected chi connectivity index (χ0v) is 8.22. The van der Waals surface area contributed by atoms with Crippen LogP contribution in [0, 0.1) is 5.82 Å². The Morgan fingerprint density at radius 1 is 1.46 bits per heavy atom. The molecule has 0 bridgehead atoms. The van der Waals surface area contributed by atoms with Crippen LogP contribution in [0.1, 0.15) is 0 Å². The summed E-state index contributed by atoms with van der Waals surface area (Å²) in [4.78, 5) is 0. The first-order valence-electron chi connectivity index (χ1n) is 3.18. The molecule has 0 radical (unpaired) electrons. The summed E-state index contributed by atoms with van der Waals surface area (Å²) in [6.45, 7) is 0. The van der Waals surface area contributed by atoms with Gasteiger partial charge in [-0.2, -0.15) is 0 Å². The molecule has 0 atom stereocenters. The van der Waals surface area contributed by atoms with Gasteiger partial charge in [0.05, 0.1) is 0 Å². The van der Waals surface area contributed by atoms with E-state index in [1.165, 1.54) is 0 Å². The molecule has 1 rings (SSSR count). The molecular formula is C6H7AsFNO4. The van der Waals surface area contributed by atoms with Crippen molar-refractivity contribution in [3.8, 4) is 5.75 Å². The standard InChI is InChI=1S/C6H7AsFNO4/c8-4-1-2-6(5(9)3-4)13-7(10,11)12/h1-3H,9H2,(H2,10,11,12). The molecule has 0 fully saturated rings. The first kappa shape index (κ1) is 10.1. The Balaban J connectivity index is 2.97. The quantitative estimate of drug-likeness (QED) is 0.493. The van der Waals surface area contributed by atoms with Crippen molar-refractivity contribution in [1.82, 2.24) is 0 Å². The van der Waals surface area contributed by atoms with Crippen molar-refractivity contribution >= 4 is 20.2 Å². The van der Waals surface area contributed by atoms with Gasteiger partial charge >= 0.3 is 75.7 Å². The SMILES string of the molecule is Nc1cc(F)ccc1O[As](=O)(O)O. The molecule has 0 saturated heterocycles. The number of halogens is 1. The van der Waals surface area contributed by atoms with Crippen LogP contribution < -0.4 is 9.46 Å². The molecule has 5 nitrogen and oxygen atoms in total. The minimum atomic E-state index is -5.22. The average Bonchev–Trinajstić information content (AvgIpc) is 1.93. The van der Waals surface area contributed by atoms with Crippen LogP contribution in [0.4, 0.5) is 10.1 Å². The van der Waals surface area contributed by atoms with E-state index in [2.05, 4.69) is 3.73 Å². The molecule has 0 aliphatic heterocycles. The number of nitrogens with two attached hydrogens (primary N) is 1. The number of nitrogen functional groups attached to an aromatic ring is 1. The van der Waals surface area contributed by atoms with Gasteiger partial charge in [-0.3, -0.25) is 0 Å². The zero-order valence-electron chi connectivity index (χ0n) is 6.35. The van der Waals surface area contributed by atoms with Crippen LogP contribution in [0.25, 0.3) is 0 Å². The zero-order chi connectivity index (χ0) is 10.1.